The SMILES string of the molecule is c1ccc(CNC2CC3CCC(C2)N3CCCN2CCCCC2)cc1. The average Bonchev–Trinajstić information content (AvgIpc) is 2.90. The summed E-state index contributed by atoms with van der Waals surface area (Å²) < 4.78 is 0. The summed E-state index contributed by atoms with van der Waals surface area (Å²) in [6, 6.07) is 13.3. The highest BCUT2D eigenvalue weighted by molar-refractivity contribution is 5.14. The maximum Gasteiger partial charge on any atom is 0.0208 e. The zero-order valence-corrected chi connectivity index (χ0v) is 15.7. The minimum atomic E-state index is 0.719. The number of hydrogen-bond donors (Lipinski definition) is 1. The van der Waals surface area contributed by atoms with Gasteiger partial charge in [0.25, 0.3) is 0 Å². The maximum atomic E-state index is 3.83. The van der Waals surface area contributed by atoms with Crippen LogP contribution in [0.25, 0.3) is 0 Å². The van der Waals surface area contributed by atoms with Gasteiger partial charge in [0.2, 0.25) is 0 Å². The molecule has 2 unspecified atom stereocenters. The maximum absolute atomic E-state index is 3.83. The van der Waals surface area contributed by atoms with E-state index in [-0.39, 0.29) is 0 Å². The van der Waals surface area contributed by atoms with E-state index in [2.05, 4.69) is 45.4 Å². The van der Waals surface area contributed by atoms with Crippen LogP contribution in [0.15, 0.2) is 30.3 Å². The molecule has 3 aliphatic heterocycles. The molecule has 1 aromatic rings. The van der Waals surface area contributed by atoms with E-state index in [1.54, 1.807) is 0 Å². The standard InChI is InChI=1S/C22H35N3/c1-3-8-19(9-4-1)18-23-20-16-21-10-11-22(17-20)25(21)15-7-14-24-12-5-2-6-13-24/h1,3-4,8-9,20-23H,2,5-7,10-18H2. The van der Waals surface area contributed by atoms with Crippen molar-refractivity contribution in [3.05, 3.63) is 35.9 Å². The Balaban J connectivity index is 1.20. The van der Waals surface area contributed by atoms with Crippen LogP contribution in [0.5, 0.6) is 0 Å². The van der Waals surface area contributed by atoms with Crippen LogP contribution in [0.2, 0.25) is 0 Å². The first-order chi connectivity index (χ1) is 12.4. The van der Waals surface area contributed by atoms with Crippen LogP contribution in [0.1, 0.15) is 56.9 Å². The van der Waals surface area contributed by atoms with Crippen LogP contribution in [0.4, 0.5) is 0 Å². The number of nitrogens with one attached hydrogen (secondary N) is 1. The lowest BCUT2D eigenvalue weighted by Crippen LogP contribution is -2.49. The Morgan fingerprint density at radius 3 is 2.32 bits per heavy atom. The van der Waals surface area contributed by atoms with Crippen molar-refractivity contribution in [3.8, 4) is 0 Å². The number of likely N-dealkylation sites (tertiary alicyclic amines) is 1. The van der Waals surface area contributed by atoms with Gasteiger partial charge in [0, 0.05) is 24.7 Å². The van der Waals surface area contributed by atoms with Crippen LogP contribution in [-0.2, 0) is 6.54 Å². The van der Waals surface area contributed by atoms with Crippen LogP contribution < -0.4 is 5.32 Å². The van der Waals surface area contributed by atoms with E-state index < -0.39 is 0 Å². The van der Waals surface area contributed by atoms with Gasteiger partial charge in [-0.15, -0.1) is 0 Å². The second-order valence-electron chi connectivity index (χ2n) is 8.41. The summed E-state index contributed by atoms with van der Waals surface area (Å²) in [7, 11) is 0. The Bertz CT molecular complexity index is 497. The molecule has 0 aliphatic carbocycles. The number of hydrogen-bond acceptors (Lipinski definition) is 3. The van der Waals surface area contributed by atoms with Gasteiger partial charge in [0.1, 0.15) is 0 Å². The molecule has 3 fully saturated rings. The molecular formula is C22H35N3. The van der Waals surface area contributed by atoms with Gasteiger partial charge in [0.05, 0.1) is 0 Å². The zero-order chi connectivity index (χ0) is 16.9. The zero-order valence-electron chi connectivity index (χ0n) is 15.7. The first-order valence-corrected chi connectivity index (χ1v) is 10.6. The molecule has 1 aromatic carbocycles. The van der Waals surface area contributed by atoms with Crippen LogP contribution in [0.3, 0.4) is 0 Å². The van der Waals surface area contributed by atoms with Crippen LogP contribution in [0, 0.1) is 0 Å². The Hall–Kier alpha value is -0.900. The Labute approximate surface area is 153 Å². The van der Waals surface area contributed by atoms with Crippen molar-refractivity contribution in [2.45, 2.75) is 76.0 Å². The van der Waals surface area contributed by atoms with Gasteiger partial charge in [0.15, 0.2) is 0 Å². The number of fused-ring (bicyclic) bond motifs is 2. The minimum Gasteiger partial charge on any atom is -0.310 e. The third kappa shape index (κ3) is 4.64. The summed E-state index contributed by atoms with van der Waals surface area (Å²) in [5.41, 5.74) is 1.42. The van der Waals surface area contributed by atoms with E-state index in [1.165, 1.54) is 83.1 Å². The molecule has 0 amide bonds. The van der Waals surface area contributed by atoms with E-state index in [0.29, 0.717) is 0 Å². The van der Waals surface area contributed by atoms with Crippen molar-refractivity contribution in [1.82, 2.24) is 15.1 Å². The first-order valence-electron chi connectivity index (χ1n) is 10.6. The average molecular weight is 342 g/mol. The molecule has 138 valence electrons. The lowest BCUT2D eigenvalue weighted by Gasteiger charge is -2.40. The van der Waals surface area contributed by atoms with Crippen molar-refractivity contribution >= 4 is 0 Å². The van der Waals surface area contributed by atoms with E-state index >= 15 is 0 Å². The molecule has 3 nitrogen and oxygen atoms in total. The summed E-state index contributed by atoms with van der Waals surface area (Å²) >= 11 is 0. The number of nitrogens with zero attached hydrogens (tertiary/aromatic N) is 2. The second kappa shape index (κ2) is 8.66. The normalized spacial score (nSPS) is 30.6. The fraction of sp³-hybridized carbons (Fsp3) is 0.727. The molecule has 1 N–H and O–H groups in total. The van der Waals surface area contributed by atoms with Gasteiger partial charge in [-0.25, -0.2) is 0 Å². The predicted molar refractivity (Wildman–Crippen MR) is 105 cm³/mol. The molecule has 2 atom stereocenters. The molecule has 3 aliphatic rings. The van der Waals surface area contributed by atoms with Gasteiger partial charge in [-0.2, -0.15) is 0 Å². The Morgan fingerprint density at radius 1 is 0.880 bits per heavy atom. The molecule has 3 heteroatoms. The molecule has 0 aromatic heterocycles. The van der Waals surface area contributed by atoms with E-state index in [0.717, 1.165) is 24.7 Å². The van der Waals surface area contributed by atoms with Crippen molar-refractivity contribution in [3.63, 3.8) is 0 Å². The quantitative estimate of drug-likeness (QED) is 0.817. The molecule has 25 heavy (non-hydrogen) atoms. The van der Waals surface area contributed by atoms with E-state index in [1.807, 2.05) is 0 Å². The highest BCUT2D eigenvalue weighted by atomic mass is 15.2. The lowest BCUT2D eigenvalue weighted by atomic mass is 9.96. The van der Waals surface area contributed by atoms with Gasteiger partial charge in [-0.3, -0.25) is 4.90 Å². The molecule has 0 saturated carbocycles. The third-order valence-corrected chi connectivity index (χ3v) is 6.66. The number of benzene rings is 1. The number of piperidine rings is 2. The second-order valence-corrected chi connectivity index (χ2v) is 8.41. The largest absolute Gasteiger partial charge is 0.310 e. The summed E-state index contributed by atoms with van der Waals surface area (Å²) in [6.07, 6.45) is 11.2. The molecule has 3 heterocycles. The third-order valence-electron chi connectivity index (χ3n) is 6.66. The molecule has 4 rings (SSSR count). The smallest absolute Gasteiger partial charge is 0.0208 e. The molecule has 2 bridgehead atoms. The fourth-order valence-electron chi connectivity index (χ4n) is 5.32. The Morgan fingerprint density at radius 2 is 1.60 bits per heavy atom. The van der Waals surface area contributed by atoms with Crippen molar-refractivity contribution in [1.29, 1.82) is 0 Å². The Kier molecular flexibility index (Phi) is 6.06. The molecular weight excluding hydrogens is 306 g/mol. The first kappa shape index (κ1) is 17.5. The van der Waals surface area contributed by atoms with E-state index in [4.69, 9.17) is 0 Å². The summed E-state index contributed by atoms with van der Waals surface area (Å²) in [6.45, 7) is 6.37. The number of rotatable bonds is 7. The summed E-state index contributed by atoms with van der Waals surface area (Å²) in [5.74, 6) is 0. The molecule has 3 saturated heterocycles. The van der Waals surface area contributed by atoms with Crippen LogP contribution in [-0.4, -0.2) is 54.1 Å². The highest BCUT2D eigenvalue weighted by Gasteiger charge is 2.39. The van der Waals surface area contributed by atoms with Crippen LogP contribution >= 0.6 is 0 Å². The predicted octanol–water partition coefficient (Wildman–Crippen LogP) is 3.65. The molecule has 0 radical (unpaired) electrons. The van der Waals surface area contributed by atoms with E-state index in [9.17, 15) is 0 Å². The topological polar surface area (TPSA) is 18.5 Å². The fourth-order valence-corrected chi connectivity index (χ4v) is 5.32. The van der Waals surface area contributed by atoms with Gasteiger partial charge in [-0.1, -0.05) is 36.8 Å². The minimum absolute atomic E-state index is 0.719. The van der Waals surface area contributed by atoms with Crippen molar-refractivity contribution in [2.75, 3.05) is 26.2 Å². The molecule has 0 spiro atoms. The lowest BCUT2D eigenvalue weighted by molar-refractivity contribution is 0.107. The van der Waals surface area contributed by atoms with Gasteiger partial charge in [-0.05, 0) is 76.7 Å². The summed E-state index contributed by atoms with van der Waals surface area (Å²) in [5, 5.41) is 3.83. The van der Waals surface area contributed by atoms with Crippen molar-refractivity contribution in [2.24, 2.45) is 0 Å². The monoisotopic (exact) mass is 341 g/mol. The van der Waals surface area contributed by atoms with Gasteiger partial charge >= 0.3 is 0 Å². The van der Waals surface area contributed by atoms with Crippen molar-refractivity contribution < 1.29 is 0 Å². The highest BCUT2D eigenvalue weighted by Crippen LogP contribution is 2.35. The summed E-state index contributed by atoms with van der Waals surface area (Å²) in [4.78, 5) is 5.56. The van der Waals surface area contributed by atoms with Gasteiger partial charge < -0.3 is 10.2 Å².